The summed E-state index contributed by atoms with van der Waals surface area (Å²) in [6.45, 7) is 1.90. The highest BCUT2D eigenvalue weighted by Gasteiger charge is 2.21. The number of carbonyl (C=O) groups is 1. The van der Waals surface area contributed by atoms with Gasteiger partial charge >= 0.3 is 0 Å². The third-order valence-corrected chi connectivity index (χ3v) is 5.52. The molecular weight excluding hydrogens is 384 g/mol. The predicted octanol–water partition coefficient (Wildman–Crippen LogP) is 4.90. The molecule has 144 valence electrons. The van der Waals surface area contributed by atoms with Crippen LogP contribution in [0.1, 0.15) is 18.7 Å². The topological polar surface area (TPSA) is 62.1 Å². The molecule has 0 aliphatic carbocycles. The number of aromatic nitrogens is 2. The Bertz CT molecular complexity index is 1100. The van der Waals surface area contributed by atoms with Gasteiger partial charge in [-0.05, 0) is 19.1 Å². The zero-order valence-electron chi connectivity index (χ0n) is 15.2. The summed E-state index contributed by atoms with van der Waals surface area (Å²) in [5.41, 5.74) is 1.48. The lowest BCUT2D eigenvalue weighted by molar-refractivity contribution is -0.129. The van der Waals surface area contributed by atoms with Gasteiger partial charge in [0.1, 0.15) is 11.3 Å². The number of halogens is 2. The van der Waals surface area contributed by atoms with E-state index in [4.69, 9.17) is 4.42 Å². The lowest BCUT2D eigenvalue weighted by Gasteiger charge is -2.23. The summed E-state index contributed by atoms with van der Waals surface area (Å²) in [5, 5.41) is 1.42. The van der Waals surface area contributed by atoms with Crippen LogP contribution in [0.2, 0.25) is 0 Å². The quantitative estimate of drug-likeness (QED) is 0.483. The maximum Gasteiger partial charge on any atom is 0.233 e. The Balaban J connectivity index is 1.44. The summed E-state index contributed by atoms with van der Waals surface area (Å²) >= 11 is 1.18. The van der Waals surface area contributed by atoms with E-state index >= 15 is 0 Å². The fourth-order valence-corrected chi connectivity index (χ4v) is 3.71. The minimum atomic E-state index is -0.953. The van der Waals surface area contributed by atoms with Crippen molar-refractivity contribution in [2.24, 2.45) is 0 Å². The van der Waals surface area contributed by atoms with Crippen molar-refractivity contribution in [1.29, 1.82) is 0 Å². The molecular formula is C20H17F2N3O2S. The number of benzene rings is 2. The normalized spacial score (nSPS) is 12.6. The monoisotopic (exact) mass is 401 g/mol. The number of rotatable bonds is 5. The van der Waals surface area contributed by atoms with Crippen LogP contribution in [-0.2, 0) is 4.79 Å². The Hall–Kier alpha value is -2.87. The number of amides is 1. The Morgan fingerprint density at radius 3 is 2.79 bits per heavy atom. The van der Waals surface area contributed by atoms with Crippen molar-refractivity contribution in [2.75, 3.05) is 12.8 Å². The summed E-state index contributed by atoms with van der Waals surface area (Å²) in [6, 6.07) is 11.5. The van der Waals surface area contributed by atoms with Crippen molar-refractivity contribution < 1.29 is 18.0 Å². The van der Waals surface area contributed by atoms with Crippen LogP contribution in [0.4, 0.5) is 8.78 Å². The van der Waals surface area contributed by atoms with Crippen LogP contribution in [0.15, 0.2) is 52.0 Å². The van der Waals surface area contributed by atoms with Gasteiger partial charge in [-0.2, -0.15) is 0 Å². The molecule has 0 saturated heterocycles. The van der Waals surface area contributed by atoms with E-state index in [2.05, 4.69) is 9.97 Å². The summed E-state index contributed by atoms with van der Waals surface area (Å²) in [5.74, 6) is -1.17. The highest BCUT2D eigenvalue weighted by molar-refractivity contribution is 7.99. The lowest BCUT2D eigenvalue weighted by atomic mass is 10.2. The van der Waals surface area contributed by atoms with Gasteiger partial charge in [-0.3, -0.25) is 4.79 Å². The highest BCUT2D eigenvalue weighted by Crippen LogP contribution is 2.28. The Labute approximate surface area is 163 Å². The molecule has 2 aromatic carbocycles. The van der Waals surface area contributed by atoms with Crippen molar-refractivity contribution in [1.82, 2.24) is 14.9 Å². The number of H-pyrrole nitrogens is 1. The van der Waals surface area contributed by atoms with E-state index in [-0.39, 0.29) is 17.7 Å². The standard InChI is InChI=1S/C20H17F2N3O2S/c1-11(18-7-12-5-3-4-6-17(12)27-18)25(2)19(26)10-28-20-23-15-8-13(21)14(22)9-16(15)24-20/h3-9,11H,10H2,1-2H3,(H,23,24). The van der Waals surface area contributed by atoms with Crippen molar-refractivity contribution >= 4 is 39.7 Å². The minimum absolute atomic E-state index is 0.115. The zero-order valence-corrected chi connectivity index (χ0v) is 16.0. The molecule has 4 rings (SSSR count). The molecule has 0 spiro atoms. The summed E-state index contributed by atoms with van der Waals surface area (Å²) in [6.07, 6.45) is 0. The molecule has 1 atom stereocenters. The van der Waals surface area contributed by atoms with Crippen LogP contribution >= 0.6 is 11.8 Å². The van der Waals surface area contributed by atoms with E-state index in [0.717, 1.165) is 23.1 Å². The van der Waals surface area contributed by atoms with Crippen molar-refractivity contribution in [3.63, 3.8) is 0 Å². The summed E-state index contributed by atoms with van der Waals surface area (Å²) in [4.78, 5) is 21.3. The van der Waals surface area contributed by atoms with E-state index in [1.165, 1.54) is 11.8 Å². The second kappa shape index (κ2) is 7.27. The molecule has 0 aliphatic heterocycles. The number of nitrogens with one attached hydrogen (secondary N) is 1. The van der Waals surface area contributed by atoms with Gasteiger partial charge in [-0.25, -0.2) is 13.8 Å². The first-order chi connectivity index (χ1) is 13.4. The number of hydrogen-bond acceptors (Lipinski definition) is 4. The van der Waals surface area contributed by atoms with E-state index in [9.17, 15) is 13.6 Å². The lowest BCUT2D eigenvalue weighted by Crippen LogP contribution is -2.30. The molecule has 0 aliphatic rings. The van der Waals surface area contributed by atoms with E-state index in [0.29, 0.717) is 22.0 Å². The summed E-state index contributed by atoms with van der Waals surface area (Å²) in [7, 11) is 1.71. The zero-order chi connectivity index (χ0) is 19.8. The molecule has 5 nitrogen and oxygen atoms in total. The Morgan fingerprint density at radius 1 is 1.25 bits per heavy atom. The molecule has 0 radical (unpaired) electrons. The van der Waals surface area contributed by atoms with Crippen molar-refractivity contribution in [3.05, 3.63) is 59.9 Å². The molecule has 0 saturated carbocycles. The van der Waals surface area contributed by atoms with Gasteiger partial charge in [-0.1, -0.05) is 30.0 Å². The highest BCUT2D eigenvalue weighted by atomic mass is 32.2. The SMILES string of the molecule is CC(c1cc2ccccc2o1)N(C)C(=O)CSc1nc2cc(F)c(F)cc2[nH]1. The number of nitrogens with zero attached hydrogens (tertiary/aromatic N) is 2. The average Bonchev–Trinajstić information content (AvgIpc) is 3.28. The summed E-state index contributed by atoms with van der Waals surface area (Å²) < 4.78 is 32.4. The van der Waals surface area contributed by atoms with Crippen LogP contribution in [0.5, 0.6) is 0 Å². The number of furan rings is 1. The molecule has 1 N–H and O–H groups in total. The second-order valence-electron chi connectivity index (χ2n) is 6.48. The van der Waals surface area contributed by atoms with Gasteiger partial charge in [-0.15, -0.1) is 0 Å². The van der Waals surface area contributed by atoms with Crippen molar-refractivity contribution in [3.8, 4) is 0 Å². The number of aromatic amines is 1. The number of para-hydroxylation sites is 1. The van der Waals surface area contributed by atoms with E-state index in [1.54, 1.807) is 11.9 Å². The number of thioether (sulfide) groups is 1. The molecule has 4 aromatic rings. The van der Waals surface area contributed by atoms with Crippen LogP contribution < -0.4 is 0 Å². The number of hydrogen-bond donors (Lipinski definition) is 1. The third kappa shape index (κ3) is 3.47. The predicted molar refractivity (Wildman–Crippen MR) is 104 cm³/mol. The van der Waals surface area contributed by atoms with Gasteiger partial charge in [0.25, 0.3) is 0 Å². The van der Waals surface area contributed by atoms with Crippen molar-refractivity contribution in [2.45, 2.75) is 18.1 Å². The van der Waals surface area contributed by atoms with E-state index in [1.807, 2.05) is 37.3 Å². The number of carbonyl (C=O) groups excluding carboxylic acids is 1. The van der Waals surface area contributed by atoms with Crippen LogP contribution in [-0.4, -0.2) is 33.6 Å². The Kier molecular flexibility index (Phi) is 4.80. The van der Waals surface area contributed by atoms with Gasteiger partial charge < -0.3 is 14.3 Å². The number of fused-ring (bicyclic) bond motifs is 2. The van der Waals surface area contributed by atoms with Gasteiger partial charge in [0.15, 0.2) is 16.8 Å². The maximum absolute atomic E-state index is 13.3. The maximum atomic E-state index is 13.3. The van der Waals surface area contributed by atoms with Crippen LogP contribution in [0.25, 0.3) is 22.0 Å². The largest absolute Gasteiger partial charge is 0.459 e. The fourth-order valence-electron chi connectivity index (χ4n) is 2.90. The molecule has 28 heavy (non-hydrogen) atoms. The first-order valence-electron chi connectivity index (χ1n) is 8.64. The molecule has 0 fully saturated rings. The molecule has 2 aromatic heterocycles. The molecule has 2 heterocycles. The average molecular weight is 401 g/mol. The molecule has 1 unspecified atom stereocenters. The van der Waals surface area contributed by atoms with Crippen LogP contribution in [0.3, 0.4) is 0 Å². The second-order valence-corrected chi connectivity index (χ2v) is 7.45. The van der Waals surface area contributed by atoms with Crippen LogP contribution in [0, 0.1) is 11.6 Å². The van der Waals surface area contributed by atoms with Gasteiger partial charge in [0, 0.05) is 24.6 Å². The number of imidazole rings is 1. The molecule has 0 bridgehead atoms. The first-order valence-corrected chi connectivity index (χ1v) is 9.62. The third-order valence-electron chi connectivity index (χ3n) is 4.67. The van der Waals surface area contributed by atoms with E-state index < -0.39 is 11.6 Å². The molecule has 8 heteroatoms. The van der Waals surface area contributed by atoms with Gasteiger partial charge in [0.2, 0.25) is 5.91 Å². The molecule has 1 amide bonds. The first kappa shape index (κ1) is 18.5. The minimum Gasteiger partial charge on any atom is -0.459 e. The smallest absolute Gasteiger partial charge is 0.233 e. The van der Waals surface area contributed by atoms with Gasteiger partial charge in [0.05, 0.1) is 22.8 Å². The fraction of sp³-hybridized carbons (Fsp3) is 0.200. The Morgan fingerprint density at radius 2 is 2.00 bits per heavy atom.